The van der Waals surface area contributed by atoms with Crippen LogP contribution in [0.5, 0.6) is 29.0 Å². The normalized spacial score (nSPS) is 16.1. The molecule has 1 atom stereocenters. The third-order valence-corrected chi connectivity index (χ3v) is 7.17. The molecule has 0 saturated heterocycles. The van der Waals surface area contributed by atoms with Gasteiger partial charge in [-0.1, -0.05) is 12.1 Å². The van der Waals surface area contributed by atoms with Gasteiger partial charge in [-0.3, -0.25) is 4.57 Å². The third kappa shape index (κ3) is 6.93. The Morgan fingerprint density at radius 1 is 0.977 bits per heavy atom. The van der Waals surface area contributed by atoms with Gasteiger partial charge in [-0.05, 0) is 83.5 Å². The predicted octanol–water partition coefficient (Wildman–Crippen LogP) is 6.67. The first-order valence-electron chi connectivity index (χ1n) is 13.7. The van der Waals surface area contributed by atoms with Crippen molar-refractivity contribution < 1.29 is 37.0 Å². The quantitative estimate of drug-likeness (QED) is 0.156. The van der Waals surface area contributed by atoms with Crippen molar-refractivity contribution in [2.75, 3.05) is 18.1 Å². The molecule has 2 aliphatic heterocycles. The Balaban J connectivity index is 1.03. The van der Waals surface area contributed by atoms with Gasteiger partial charge >= 0.3 is 18.2 Å². The lowest BCUT2D eigenvalue weighted by molar-refractivity contribution is -0.389. The minimum Gasteiger partial charge on any atom is -0.490 e. The average molecular weight is 597 g/mol. The number of rotatable bonds is 9. The summed E-state index contributed by atoms with van der Waals surface area (Å²) >= 11 is 0. The molecule has 0 aliphatic carbocycles. The van der Waals surface area contributed by atoms with Crippen LogP contribution in [0.1, 0.15) is 24.0 Å². The van der Waals surface area contributed by atoms with E-state index >= 15 is 0 Å². The summed E-state index contributed by atoms with van der Waals surface area (Å²) in [7, 11) is 0. The Labute approximate surface area is 244 Å². The lowest BCUT2D eigenvalue weighted by Crippen LogP contribution is -2.31. The summed E-state index contributed by atoms with van der Waals surface area (Å²) in [5.74, 6) is 1.17. The van der Waals surface area contributed by atoms with Gasteiger partial charge in [-0.25, -0.2) is 0 Å². The van der Waals surface area contributed by atoms with E-state index in [1.165, 1.54) is 36.0 Å². The number of anilines is 1. The van der Waals surface area contributed by atoms with Gasteiger partial charge in [0.2, 0.25) is 0 Å². The second-order valence-corrected chi connectivity index (χ2v) is 10.3. The fraction of sp³-hybridized carbons (Fsp3) is 0.300. The topological polar surface area (TPSA) is 101 Å². The number of aryl methyl sites for hydroxylation is 2. The molecule has 13 heteroatoms. The second-order valence-electron chi connectivity index (χ2n) is 10.3. The highest BCUT2D eigenvalue weighted by Gasteiger charge is 2.31. The van der Waals surface area contributed by atoms with E-state index in [1.54, 1.807) is 4.57 Å². The number of ether oxygens (including phenoxy) is 4. The minimum atomic E-state index is -4.74. The van der Waals surface area contributed by atoms with Crippen molar-refractivity contribution in [1.82, 2.24) is 9.55 Å². The highest BCUT2D eigenvalue weighted by Crippen LogP contribution is 2.33. The molecule has 3 heterocycles. The van der Waals surface area contributed by atoms with Crippen molar-refractivity contribution in [3.8, 4) is 29.0 Å². The van der Waals surface area contributed by atoms with E-state index < -0.39 is 11.3 Å². The van der Waals surface area contributed by atoms with Gasteiger partial charge in [0, 0.05) is 36.7 Å². The summed E-state index contributed by atoms with van der Waals surface area (Å²) in [5, 5.41) is 11.0. The highest BCUT2D eigenvalue weighted by molar-refractivity contribution is 5.58. The Morgan fingerprint density at radius 2 is 1.67 bits per heavy atom. The smallest absolute Gasteiger partial charge is 0.490 e. The number of hydrogen-bond acceptors (Lipinski definition) is 8. The molecule has 3 aromatic carbocycles. The lowest BCUT2D eigenvalue weighted by Gasteiger charge is -2.32. The van der Waals surface area contributed by atoms with E-state index in [4.69, 9.17) is 14.2 Å². The van der Waals surface area contributed by atoms with Gasteiger partial charge < -0.3 is 34.0 Å². The molecular formula is C30H27F3N4O6. The van der Waals surface area contributed by atoms with Crippen molar-refractivity contribution >= 4 is 11.5 Å². The van der Waals surface area contributed by atoms with Crippen LogP contribution in [-0.4, -0.2) is 40.1 Å². The Morgan fingerprint density at radius 3 is 2.40 bits per heavy atom. The summed E-state index contributed by atoms with van der Waals surface area (Å²) in [6.45, 7) is 2.49. The van der Waals surface area contributed by atoms with Gasteiger partial charge in [0.05, 0.1) is 0 Å². The van der Waals surface area contributed by atoms with Crippen molar-refractivity contribution in [1.29, 1.82) is 0 Å². The largest absolute Gasteiger partial charge is 0.573 e. The molecule has 0 amide bonds. The molecule has 0 saturated carbocycles. The van der Waals surface area contributed by atoms with Crippen molar-refractivity contribution in [3.63, 3.8) is 0 Å². The van der Waals surface area contributed by atoms with Crippen LogP contribution in [0.4, 0.5) is 24.7 Å². The first kappa shape index (κ1) is 28.2. The molecule has 6 rings (SSSR count). The van der Waals surface area contributed by atoms with Crippen LogP contribution in [0, 0.1) is 10.1 Å². The standard InChI is InChI=1S/C30H27F3N4O6/c31-30(32,33)43-24-9-7-23(8-10-24)41-22-5-3-20(4-6-22)17-35-14-1-2-21-16-25(11-12-27(21)35)40-19-26-13-15-36-18-28(37(38)39)34-29(36)42-26/h3-12,16,18,26H,1-2,13-15,17,19H2. The summed E-state index contributed by atoms with van der Waals surface area (Å²) in [6, 6.07) is 19.1. The molecule has 43 heavy (non-hydrogen) atoms. The number of nitrogens with zero attached hydrogens (tertiary/aromatic N) is 4. The van der Waals surface area contributed by atoms with E-state index in [-0.39, 0.29) is 23.7 Å². The molecule has 0 bridgehead atoms. The zero-order valence-electron chi connectivity index (χ0n) is 22.8. The zero-order chi connectivity index (χ0) is 30.0. The molecule has 4 aromatic rings. The number of nitro groups is 1. The molecule has 224 valence electrons. The monoisotopic (exact) mass is 596 g/mol. The number of hydrogen-bond donors (Lipinski definition) is 0. The van der Waals surface area contributed by atoms with Gasteiger partial charge in [-0.15, -0.1) is 13.2 Å². The lowest BCUT2D eigenvalue weighted by atomic mass is 10.0. The Hall–Kier alpha value is -4.94. The molecule has 0 N–H and O–H groups in total. The molecule has 0 fully saturated rings. The SMILES string of the molecule is O=[N+]([O-])c1cn2c(n1)OC(COc1ccc3c(c1)CCCN3Cc1ccc(Oc3ccc(OC(F)(F)F)cc3)cc1)CC2. The average Bonchev–Trinajstić information content (AvgIpc) is 3.42. The number of imidazole rings is 1. The van der Waals surface area contributed by atoms with Crippen molar-refractivity contribution in [3.05, 3.63) is 94.2 Å². The predicted molar refractivity (Wildman–Crippen MR) is 149 cm³/mol. The van der Waals surface area contributed by atoms with E-state index in [2.05, 4.69) is 26.8 Å². The third-order valence-electron chi connectivity index (χ3n) is 7.17. The molecule has 2 aliphatic rings. The van der Waals surface area contributed by atoms with Gasteiger partial charge in [-0.2, -0.15) is 0 Å². The maximum absolute atomic E-state index is 12.4. The second kappa shape index (κ2) is 11.7. The highest BCUT2D eigenvalue weighted by atomic mass is 19.4. The number of halogens is 3. The molecular weight excluding hydrogens is 569 g/mol. The van der Waals surface area contributed by atoms with Crippen LogP contribution in [0.2, 0.25) is 0 Å². The Kier molecular flexibility index (Phi) is 7.70. The number of fused-ring (bicyclic) bond motifs is 2. The number of alkyl halides is 3. The van der Waals surface area contributed by atoms with E-state index in [0.29, 0.717) is 37.6 Å². The van der Waals surface area contributed by atoms with E-state index in [9.17, 15) is 23.3 Å². The first-order chi connectivity index (χ1) is 20.7. The number of benzene rings is 3. The maximum atomic E-state index is 12.4. The summed E-state index contributed by atoms with van der Waals surface area (Å²) in [6.07, 6.45) is -1.02. The van der Waals surface area contributed by atoms with Gasteiger partial charge in [0.15, 0.2) is 0 Å². The Bertz CT molecular complexity index is 1590. The molecule has 0 spiro atoms. The summed E-state index contributed by atoms with van der Waals surface area (Å²) in [5.41, 5.74) is 3.42. The van der Waals surface area contributed by atoms with Crippen LogP contribution in [0.3, 0.4) is 0 Å². The summed E-state index contributed by atoms with van der Waals surface area (Å²) < 4.78 is 60.2. The molecule has 1 aromatic heterocycles. The van der Waals surface area contributed by atoms with Crippen LogP contribution in [-0.2, 0) is 19.5 Å². The maximum Gasteiger partial charge on any atom is 0.573 e. The van der Waals surface area contributed by atoms with Crippen molar-refractivity contribution in [2.45, 2.75) is 44.8 Å². The van der Waals surface area contributed by atoms with Gasteiger partial charge in [0.25, 0.3) is 0 Å². The van der Waals surface area contributed by atoms with E-state index in [1.807, 2.05) is 30.3 Å². The first-order valence-corrected chi connectivity index (χ1v) is 13.7. The van der Waals surface area contributed by atoms with Crippen LogP contribution in [0.15, 0.2) is 72.9 Å². The van der Waals surface area contributed by atoms with Crippen LogP contribution < -0.4 is 23.8 Å². The van der Waals surface area contributed by atoms with Crippen LogP contribution >= 0.6 is 0 Å². The van der Waals surface area contributed by atoms with Gasteiger partial charge in [0.1, 0.15) is 41.9 Å². The molecule has 10 nitrogen and oxygen atoms in total. The van der Waals surface area contributed by atoms with Crippen LogP contribution in [0.25, 0.3) is 0 Å². The minimum absolute atomic E-state index is 0.229. The zero-order valence-corrected chi connectivity index (χ0v) is 22.8. The fourth-order valence-corrected chi connectivity index (χ4v) is 5.16. The molecule has 0 radical (unpaired) electrons. The van der Waals surface area contributed by atoms with E-state index in [0.717, 1.165) is 36.4 Å². The fourth-order valence-electron chi connectivity index (χ4n) is 5.16. The molecule has 1 unspecified atom stereocenters. The summed E-state index contributed by atoms with van der Waals surface area (Å²) in [4.78, 5) is 16.7. The number of aromatic nitrogens is 2. The van der Waals surface area contributed by atoms with Crippen molar-refractivity contribution in [2.24, 2.45) is 0 Å².